The Morgan fingerprint density at radius 1 is 1.03 bits per heavy atom. The molecule has 166 valence electrons. The number of pyridine rings is 1. The van der Waals surface area contributed by atoms with E-state index < -0.39 is 0 Å². The number of nitrogens with zero attached hydrogens (tertiary/aromatic N) is 1. The average molecular weight is 468 g/mol. The first kappa shape index (κ1) is 22.5. The van der Waals surface area contributed by atoms with Gasteiger partial charge in [0.2, 0.25) is 0 Å². The van der Waals surface area contributed by atoms with Crippen LogP contribution in [-0.4, -0.2) is 16.8 Å². The molecule has 0 aliphatic heterocycles. The summed E-state index contributed by atoms with van der Waals surface area (Å²) in [7, 11) is 0. The Labute approximate surface area is 197 Å². The van der Waals surface area contributed by atoms with E-state index >= 15 is 0 Å². The zero-order valence-corrected chi connectivity index (χ0v) is 19.9. The molecule has 0 spiro atoms. The minimum absolute atomic E-state index is 0.188. The molecule has 5 nitrogen and oxygen atoms in total. The van der Waals surface area contributed by atoms with Crippen LogP contribution in [-0.2, 0) is 12.8 Å². The van der Waals surface area contributed by atoms with Gasteiger partial charge in [-0.05, 0) is 72.6 Å². The maximum atomic E-state index is 13.4. The van der Waals surface area contributed by atoms with Crippen molar-refractivity contribution >= 4 is 45.4 Å². The van der Waals surface area contributed by atoms with Crippen molar-refractivity contribution in [3.05, 3.63) is 75.4 Å². The van der Waals surface area contributed by atoms with Crippen molar-refractivity contribution in [3.63, 3.8) is 0 Å². The van der Waals surface area contributed by atoms with Crippen LogP contribution < -0.4 is 10.6 Å². The van der Waals surface area contributed by atoms with Gasteiger partial charge in [-0.15, -0.1) is 11.3 Å². The van der Waals surface area contributed by atoms with Crippen molar-refractivity contribution in [1.29, 1.82) is 0 Å². The fraction of sp³-hybridized carbons (Fsp3) is 0.320. The predicted octanol–water partition coefficient (Wildman–Crippen LogP) is 6.45. The summed E-state index contributed by atoms with van der Waals surface area (Å²) in [6, 6.07) is 10.3. The number of anilines is 2. The molecule has 0 saturated carbocycles. The van der Waals surface area contributed by atoms with E-state index in [0.717, 1.165) is 24.8 Å². The molecule has 1 aromatic carbocycles. The van der Waals surface area contributed by atoms with Crippen LogP contribution in [0.15, 0.2) is 48.8 Å². The summed E-state index contributed by atoms with van der Waals surface area (Å²) in [4.78, 5) is 31.3. The molecule has 2 N–H and O–H groups in total. The molecule has 0 saturated heterocycles. The number of thiophene rings is 1. The molecule has 2 heterocycles. The van der Waals surface area contributed by atoms with Crippen molar-refractivity contribution in [2.24, 2.45) is 11.3 Å². The van der Waals surface area contributed by atoms with Gasteiger partial charge in [0.05, 0.1) is 5.56 Å². The fourth-order valence-corrected chi connectivity index (χ4v) is 5.50. The van der Waals surface area contributed by atoms with Crippen molar-refractivity contribution in [3.8, 4) is 0 Å². The molecular formula is C25H26ClN3O2S. The lowest BCUT2D eigenvalue weighted by molar-refractivity contribution is 0.102. The smallest absolute Gasteiger partial charge is 0.258 e. The number of carbonyl (C=O) groups excluding carboxylic acids is 2. The molecule has 1 atom stereocenters. The molecular weight excluding hydrogens is 442 g/mol. The summed E-state index contributed by atoms with van der Waals surface area (Å²) < 4.78 is 0. The molecule has 3 aromatic rings. The topological polar surface area (TPSA) is 71.1 Å². The number of hydrogen-bond donors (Lipinski definition) is 2. The molecule has 7 heteroatoms. The van der Waals surface area contributed by atoms with Crippen LogP contribution in [0.3, 0.4) is 0 Å². The van der Waals surface area contributed by atoms with Gasteiger partial charge in [0, 0.05) is 33.5 Å². The van der Waals surface area contributed by atoms with E-state index in [1.54, 1.807) is 48.8 Å². The zero-order chi connectivity index (χ0) is 22.9. The van der Waals surface area contributed by atoms with Crippen LogP contribution in [0.1, 0.15) is 58.3 Å². The van der Waals surface area contributed by atoms with Crippen molar-refractivity contribution in [2.75, 3.05) is 10.6 Å². The predicted molar refractivity (Wildman–Crippen MR) is 131 cm³/mol. The summed E-state index contributed by atoms with van der Waals surface area (Å²) in [6.07, 6.45) is 5.91. The van der Waals surface area contributed by atoms with Gasteiger partial charge in [0.1, 0.15) is 5.00 Å². The van der Waals surface area contributed by atoms with Gasteiger partial charge in [0.15, 0.2) is 0 Å². The highest BCUT2D eigenvalue weighted by atomic mass is 35.5. The van der Waals surface area contributed by atoms with Gasteiger partial charge >= 0.3 is 0 Å². The van der Waals surface area contributed by atoms with Crippen molar-refractivity contribution < 1.29 is 9.59 Å². The van der Waals surface area contributed by atoms with Crippen LogP contribution in [0.25, 0.3) is 0 Å². The molecule has 32 heavy (non-hydrogen) atoms. The number of aromatic nitrogens is 1. The van der Waals surface area contributed by atoms with Crippen LogP contribution in [0.2, 0.25) is 5.02 Å². The maximum Gasteiger partial charge on any atom is 0.258 e. The van der Waals surface area contributed by atoms with E-state index in [0.29, 0.717) is 32.8 Å². The molecule has 0 fully saturated rings. The second-order valence-corrected chi connectivity index (χ2v) is 10.7. The van der Waals surface area contributed by atoms with Crippen LogP contribution >= 0.6 is 22.9 Å². The molecule has 0 bridgehead atoms. The summed E-state index contributed by atoms with van der Waals surface area (Å²) >= 11 is 7.49. The van der Waals surface area contributed by atoms with Crippen molar-refractivity contribution in [2.45, 2.75) is 40.0 Å². The summed E-state index contributed by atoms with van der Waals surface area (Å²) in [6.45, 7) is 6.78. The first-order valence-corrected chi connectivity index (χ1v) is 11.8. The third kappa shape index (κ3) is 4.87. The quantitative estimate of drug-likeness (QED) is 0.463. The van der Waals surface area contributed by atoms with Gasteiger partial charge in [-0.1, -0.05) is 32.4 Å². The van der Waals surface area contributed by atoms with Crippen LogP contribution in [0, 0.1) is 11.3 Å². The lowest BCUT2D eigenvalue weighted by Crippen LogP contribution is -2.27. The largest absolute Gasteiger partial charge is 0.322 e. The van der Waals surface area contributed by atoms with E-state index in [-0.39, 0.29) is 17.2 Å². The minimum Gasteiger partial charge on any atom is -0.322 e. The fourth-order valence-electron chi connectivity index (χ4n) is 4.06. The number of nitrogens with one attached hydrogen (secondary N) is 2. The van der Waals surface area contributed by atoms with Gasteiger partial charge in [-0.2, -0.15) is 0 Å². The normalized spacial score (nSPS) is 15.7. The Morgan fingerprint density at radius 3 is 2.38 bits per heavy atom. The SMILES string of the molecule is CC(C)(C)[C@@H]1CCc2c(sc(NC(=O)c3ccncc3)c2C(=O)Nc2ccc(Cl)cc2)C1. The summed E-state index contributed by atoms with van der Waals surface area (Å²) in [5, 5.41) is 7.15. The molecule has 1 aliphatic carbocycles. The molecule has 2 aromatic heterocycles. The number of rotatable bonds is 4. The number of fused-ring (bicyclic) bond motifs is 1. The number of carbonyl (C=O) groups is 2. The van der Waals surface area contributed by atoms with Gasteiger partial charge in [-0.25, -0.2) is 0 Å². The first-order valence-electron chi connectivity index (χ1n) is 10.6. The standard InChI is InChI=1S/C25H26ClN3O2S/c1-25(2,3)16-4-9-19-20(14-16)32-24(29-22(30)15-10-12-27-13-11-15)21(19)23(31)28-18-7-5-17(26)6-8-18/h5-8,10-13,16H,4,9,14H2,1-3H3,(H,28,31)(H,29,30)/t16-/m1/s1. The molecule has 2 amide bonds. The Hall–Kier alpha value is -2.70. The summed E-state index contributed by atoms with van der Waals surface area (Å²) in [5.74, 6) is 0.0625. The number of amides is 2. The van der Waals surface area contributed by atoms with E-state index in [4.69, 9.17) is 11.6 Å². The highest BCUT2D eigenvalue weighted by Crippen LogP contribution is 2.44. The highest BCUT2D eigenvalue weighted by molar-refractivity contribution is 7.17. The lowest BCUT2D eigenvalue weighted by Gasteiger charge is -2.33. The first-order chi connectivity index (χ1) is 15.2. The van der Waals surface area contributed by atoms with E-state index in [1.807, 2.05) is 0 Å². The average Bonchev–Trinajstić information content (AvgIpc) is 3.12. The zero-order valence-electron chi connectivity index (χ0n) is 18.4. The molecule has 0 radical (unpaired) electrons. The van der Waals surface area contributed by atoms with E-state index in [1.165, 1.54) is 16.2 Å². The Morgan fingerprint density at radius 2 is 1.72 bits per heavy atom. The van der Waals surface area contributed by atoms with E-state index in [9.17, 15) is 9.59 Å². The molecule has 1 aliphatic rings. The second kappa shape index (κ2) is 9.04. The lowest BCUT2D eigenvalue weighted by atomic mass is 9.72. The third-order valence-corrected chi connectivity index (χ3v) is 7.41. The number of halogens is 1. The Balaban J connectivity index is 1.68. The van der Waals surface area contributed by atoms with Crippen molar-refractivity contribution in [1.82, 2.24) is 4.98 Å². The molecule has 0 unspecified atom stereocenters. The number of benzene rings is 1. The Bertz CT molecular complexity index is 1130. The van der Waals surface area contributed by atoms with Gasteiger partial charge in [0.25, 0.3) is 11.8 Å². The second-order valence-electron chi connectivity index (χ2n) is 9.16. The van der Waals surface area contributed by atoms with Gasteiger partial charge < -0.3 is 10.6 Å². The van der Waals surface area contributed by atoms with Crippen LogP contribution in [0.4, 0.5) is 10.7 Å². The highest BCUT2D eigenvalue weighted by Gasteiger charge is 2.34. The Kier molecular flexibility index (Phi) is 6.35. The molecule has 4 rings (SSSR count). The monoisotopic (exact) mass is 467 g/mol. The van der Waals surface area contributed by atoms with Gasteiger partial charge in [-0.3, -0.25) is 14.6 Å². The number of hydrogen-bond acceptors (Lipinski definition) is 4. The maximum absolute atomic E-state index is 13.4. The van der Waals surface area contributed by atoms with E-state index in [2.05, 4.69) is 36.4 Å². The van der Waals surface area contributed by atoms with Crippen LogP contribution in [0.5, 0.6) is 0 Å². The minimum atomic E-state index is -0.251. The third-order valence-electron chi connectivity index (χ3n) is 5.99. The summed E-state index contributed by atoms with van der Waals surface area (Å²) in [5.41, 5.74) is 2.97.